The highest BCUT2D eigenvalue weighted by molar-refractivity contribution is 5.97. The molecule has 0 aromatic carbocycles. The molecule has 7 heteroatoms. The lowest BCUT2D eigenvalue weighted by molar-refractivity contribution is -0.146. The van der Waals surface area contributed by atoms with Crippen LogP contribution in [-0.2, 0) is 4.79 Å². The molecular weight excluding hydrogens is 284 g/mol. The number of aliphatic carboxylic acids is 1. The van der Waals surface area contributed by atoms with Gasteiger partial charge < -0.3 is 10.4 Å². The van der Waals surface area contributed by atoms with E-state index in [9.17, 15) is 9.59 Å². The molecule has 2 heterocycles. The van der Waals surface area contributed by atoms with Gasteiger partial charge >= 0.3 is 5.97 Å². The van der Waals surface area contributed by atoms with E-state index in [4.69, 9.17) is 5.11 Å². The zero-order valence-electron chi connectivity index (χ0n) is 13.1. The van der Waals surface area contributed by atoms with Gasteiger partial charge in [0.1, 0.15) is 0 Å². The SMILES string of the molecule is CC(C)n1ncc2cc(C(=O)NCC(C)(C)C(=O)O)cnc21. The molecule has 0 saturated carbocycles. The number of carboxylic acid groups (broad SMARTS) is 1. The van der Waals surface area contributed by atoms with Crippen molar-refractivity contribution < 1.29 is 14.7 Å². The first kappa shape index (κ1) is 15.9. The second-order valence-electron chi connectivity index (χ2n) is 6.19. The molecule has 0 aliphatic heterocycles. The van der Waals surface area contributed by atoms with Crippen LogP contribution in [0.3, 0.4) is 0 Å². The first-order valence-electron chi connectivity index (χ1n) is 7.07. The number of carbonyl (C=O) groups is 2. The fraction of sp³-hybridized carbons (Fsp3) is 0.467. The third-order valence-corrected chi connectivity index (χ3v) is 3.45. The van der Waals surface area contributed by atoms with Crippen LogP contribution < -0.4 is 5.32 Å². The molecule has 0 atom stereocenters. The molecule has 2 aromatic heterocycles. The molecule has 118 valence electrons. The first-order valence-corrected chi connectivity index (χ1v) is 7.07. The number of nitrogens with zero attached hydrogens (tertiary/aromatic N) is 3. The highest BCUT2D eigenvalue weighted by Gasteiger charge is 2.27. The quantitative estimate of drug-likeness (QED) is 0.878. The molecule has 2 N–H and O–H groups in total. The van der Waals surface area contributed by atoms with Gasteiger partial charge in [0, 0.05) is 24.2 Å². The van der Waals surface area contributed by atoms with Crippen molar-refractivity contribution in [2.24, 2.45) is 5.41 Å². The van der Waals surface area contributed by atoms with E-state index in [-0.39, 0.29) is 18.5 Å². The summed E-state index contributed by atoms with van der Waals surface area (Å²) >= 11 is 0. The standard InChI is InChI=1S/C15H20N4O3/c1-9(2)19-12-10(7-18-19)5-11(6-16-12)13(20)17-8-15(3,4)14(21)22/h5-7,9H,8H2,1-4H3,(H,17,20)(H,21,22). The lowest BCUT2D eigenvalue weighted by atomic mass is 9.94. The summed E-state index contributed by atoms with van der Waals surface area (Å²) in [6.07, 6.45) is 3.15. The maximum atomic E-state index is 12.1. The second kappa shape index (κ2) is 5.75. The van der Waals surface area contributed by atoms with Crippen molar-refractivity contribution in [2.75, 3.05) is 6.54 Å². The van der Waals surface area contributed by atoms with E-state index in [1.54, 1.807) is 30.8 Å². The minimum Gasteiger partial charge on any atom is -0.481 e. The van der Waals surface area contributed by atoms with E-state index in [1.807, 2.05) is 13.8 Å². The van der Waals surface area contributed by atoms with Gasteiger partial charge in [0.25, 0.3) is 5.91 Å². The normalized spacial score (nSPS) is 11.9. The number of pyridine rings is 1. The smallest absolute Gasteiger partial charge is 0.310 e. The first-order chi connectivity index (χ1) is 10.2. The van der Waals surface area contributed by atoms with Crippen molar-refractivity contribution in [1.29, 1.82) is 0 Å². The predicted molar refractivity (Wildman–Crippen MR) is 81.7 cm³/mol. The molecule has 0 bridgehead atoms. The van der Waals surface area contributed by atoms with E-state index >= 15 is 0 Å². The Morgan fingerprint density at radius 2 is 2.05 bits per heavy atom. The minimum absolute atomic E-state index is 0.0461. The molecule has 2 rings (SSSR count). The average molecular weight is 304 g/mol. The van der Waals surface area contributed by atoms with Crippen LogP contribution in [0, 0.1) is 5.41 Å². The van der Waals surface area contributed by atoms with E-state index in [0.717, 1.165) is 11.0 Å². The zero-order chi connectivity index (χ0) is 16.5. The highest BCUT2D eigenvalue weighted by atomic mass is 16.4. The van der Waals surface area contributed by atoms with E-state index in [2.05, 4.69) is 15.4 Å². The lowest BCUT2D eigenvalue weighted by Gasteiger charge is -2.19. The van der Waals surface area contributed by atoms with Gasteiger partial charge in [0.05, 0.1) is 17.2 Å². The molecule has 0 saturated heterocycles. The van der Waals surface area contributed by atoms with Crippen LogP contribution in [-0.4, -0.2) is 38.3 Å². The van der Waals surface area contributed by atoms with Gasteiger partial charge in [-0.3, -0.25) is 9.59 Å². The average Bonchev–Trinajstić information content (AvgIpc) is 2.87. The number of nitrogens with one attached hydrogen (secondary N) is 1. The molecule has 0 unspecified atom stereocenters. The van der Waals surface area contributed by atoms with Crippen LogP contribution in [0.4, 0.5) is 0 Å². The summed E-state index contributed by atoms with van der Waals surface area (Å²) in [4.78, 5) is 27.5. The summed E-state index contributed by atoms with van der Waals surface area (Å²) in [5.74, 6) is -1.30. The third-order valence-electron chi connectivity index (χ3n) is 3.45. The van der Waals surface area contributed by atoms with Crippen molar-refractivity contribution in [3.63, 3.8) is 0 Å². The van der Waals surface area contributed by atoms with E-state index < -0.39 is 11.4 Å². The Hall–Kier alpha value is -2.44. The monoisotopic (exact) mass is 304 g/mol. The van der Waals surface area contributed by atoms with Crippen LogP contribution in [0.1, 0.15) is 44.1 Å². The van der Waals surface area contributed by atoms with Gasteiger partial charge in [-0.25, -0.2) is 9.67 Å². The van der Waals surface area contributed by atoms with Gasteiger partial charge in [0.2, 0.25) is 0 Å². The van der Waals surface area contributed by atoms with Crippen LogP contribution in [0.25, 0.3) is 11.0 Å². The number of amides is 1. The van der Waals surface area contributed by atoms with Crippen LogP contribution in [0.15, 0.2) is 18.5 Å². The Labute approximate surface area is 128 Å². The molecule has 0 radical (unpaired) electrons. The molecule has 0 aliphatic carbocycles. The summed E-state index contributed by atoms with van der Waals surface area (Å²) in [6.45, 7) is 7.17. The Morgan fingerprint density at radius 1 is 1.36 bits per heavy atom. The maximum Gasteiger partial charge on any atom is 0.310 e. The Bertz CT molecular complexity index is 719. The number of aromatic nitrogens is 3. The number of hydrogen-bond donors (Lipinski definition) is 2. The number of carboxylic acids is 1. The predicted octanol–water partition coefficient (Wildman–Crippen LogP) is 1.85. The molecule has 2 aromatic rings. The summed E-state index contributed by atoms with van der Waals surface area (Å²) in [6, 6.07) is 1.89. The largest absolute Gasteiger partial charge is 0.481 e. The topological polar surface area (TPSA) is 97.1 Å². The molecular formula is C15H20N4O3. The van der Waals surface area contributed by atoms with Crippen LogP contribution in [0.5, 0.6) is 0 Å². The number of hydrogen-bond acceptors (Lipinski definition) is 4. The Kier molecular flexibility index (Phi) is 4.16. The molecule has 0 spiro atoms. The molecule has 0 fully saturated rings. The van der Waals surface area contributed by atoms with Crippen molar-refractivity contribution in [2.45, 2.75) is 33.7 Å². The van der Waals surface area contributed by atoms with E-state index in [0.29, 0.717) is 5.56 Å². The summed E-state index contributed by atoms with van der Waals surface area (Å²) in [5, 5.41) is 16.7. The fourth-order valence-electron chi connectivity index (χ4n) is 1.92. The maximum absolute atomic E-state index is 12.1. The Balaban J connectivity index is 2.17. The van der Waals surface area contributed by atoms with Gasteiger partial charge in [-0.15, -0.1) is 0 Å². The van der Waals surface area contributed by atoms with Crippen molar-refractivity contribution in [3.8, 4) is 0 Å². The summed E-state index contributed by atoms with van der Waals surface area (Å²) < 4.78 is 1.78. The van der Waals surface area contributed by atoms with Crippen LogP contribution >= 0.6 is 0 Å². The van der Waals surface area contributed by atoms with Gasteiger partial charge in [-0.05, 0) is 33.8 Å². The van der Waals surface area contributed by atoms with Crippen molar-refractivity contribution >= 4 is 22.9 Å². The van der Waals surface area contributed by atoms with Gasteiger partial charge in [-0.1, -0.05) is 0 Å². The third kappa shape index (κ3) is 3.08. The van der Waals surface area contributed by atoms with Gasteiger partial charge in [-0.2, -0.15) is 5.10 Å². The highest BCUT2D eigenvalue weighted by Crippen LogP contribution is 2.17. The molecule has 1 amide bonds. The minimum atomic E-state index is -1.02. The van der Waals surface area contributed by atoms with Crippen molar-refractivity contribution in [1.82, 2.24) is 20.1 Å². The fourth-order valence-corrected chi connectivity index (χ4v) is 1.92. The summed E-state index contributed by atoms with van der Waals surface area (Å²) in [5.41, 5.74) is 0.0878. The second-order valence-corrected chi connectivity index (χ2v) is 6.19. The van der Waals surface area contributed by atoms with Crippen molar-refractivity contribution in [3.05, 3.63) is 24.0 Å². The molecule has 22 heavy (non-hydrogen) atoms. The van der Waals surface area contributed by atoms with Crippen LogP contribution in [0.2, 0.25) is 0 Å². The lowest BCUT2D eigenvalue weighted by Crippen LogP contribution is -2.38. The zero-order valence-corrected chi connectivity index (χ0v) is 13.1. The number of fused-ring (bicyclic) bond motifs is 1. The van der Waals surface area contributed by atoms with E-state index in [1.165, 1.54) is 6.20 Å². The number of carbonyl (C=O) groups excluding carboxylic acids is 1. The van der Waals surface area contributed by atoms with Gasteiger partial charge in [0.15, 0.2) is 5.65 Å². The number of rotatable bonds is 5. The summed E-state index contributed by atoms with van der Waals surface area (Å²) in [7, 11) is 0. The Morgan fingerprint density at radius 3 is 2.64 bits per heavy atom. The molecule has 0 aliphatic rings. The molecule has 7 nitrogen and oxygen atoms in total.